The number of anilines is 1. The summed E-state index contributed by atoms with van der Waals surface area (Å²) in [6.07, 6.45) is -2.09. The summed E-state index contributed by atoms with van der Waals surface area (Å²) in [5.41, 5.74) is 1.06. The zero-order chi connectivity index (χ0) is 22.0. The summed E-state index contributed by atoms with van der Waals surface area (Å²) in [6, 6.07) is 10.2. The zero-order valence-corrected chi connectivity index (χ0v) is 17.3. The maximum Gasteiger partial charge on any atom is 0.417 e. The van der Waals surface area contributed by atoms with Gasteiger partial charge in [0.1, 0.15) is 18.2 Å². The minimum Gasteiger partial charge on any atom is -0.355 e. The second-order valence-corrected chi connectivity index (χ2v) is 7.58. The number of aromatic nitrogens is 3. The molecule has 1 aromatic carbocycles. The van der Waals surface area contributed by atoms with Crippen molar-refractivity contribution in [2.75, 3.05) is 31.1 Å². The summed E-state index contributed by atoms with van der Waals surface area (Å²) in [5.74, 6) is 1.39. The van der Waals surface area contributed by atoms with Gasteiger partial charge in [0.05, 0.1) is 16.6 Å². The molecule has 1 aliphatic heterocycles. The number of alkyl halides is 3. The number of nitrogens with zero attached hydrogens (tertiary/aromatic N) is 5. The average molecular weight is 431 g/mol. The molecule has 3 aromatic rings. The van der Waals surface area contributed by atoms with E-state index in [1.807, 2.05) is 45.6 Å². The van der Waals surface area contributed by atoms with Crippen LogP contribution in [0.15, 0.2) is 42.6 Å². The molecular formula is C22H24F3N5O. The van der Waals surface area contributed by atoms with Crippen molar-refractivity contribution in [3.8, 4) is 0 Å². The molecule has 1 amide bonds. The monoisotopic (exact) mass is 431 g/mol. The molecule has 164 valence electrons. The molecule has 0 atom stereocenters. The van der Waals surface area contributed by atoms with E-state index >= 15 is 0 Å². The molecule has 3 heterocycles. The first-order chi connectivity index (χ1) is 14.9. The fraction of sp³-hybridized carbons (Fsp3) is 0.409. The Morgan fingerprint density at radius 2 is 1.87 bits per heavy atom. The minimum atomic E-state index is -4.40. The predicted octanol–water partition coefficient (Wildman–Crippen LogP) is 3.75. The summed E-state index contributed by atoms with van der Waals surface area (Å²) < 4.78 is 40.3. The van der Waals surface area contributed by atoms with Crippen molar-refractivity contribution in [3.05, 3.63) is 54.0 Å². The van der Waals surface area contributed by atoms with Gasteiger partial charge in [-0.25, -0.2) is 9.97 Å². The van der Waals surface area contributed by atoms with Gasteiger partial charge in [0.2, 0.25) is 5.91 Å². The highest BCUT2D eigenvalue weighted by Crippen LogP contribution is 2.29. The van der Waals surface area contributed by atoms with Crippen LogP contribution < -0.4 is 4.90 Å². The maximum atomic E-state index is 13.0. The summed E-state index contributed by atoms with van der Waals surface area (Å²) in [5, 5.41) is 0. The minimum absolute atomic E-state index is 0.0140. The van der Waals surface area contributed by atoms with Crippen LogP contribution in [0.1, 0.15) is 24.7 Å². The van der Waals surface area contributed by atoms with Crippen LogP contribution in [0.4, 0.5) is 19.0 Å². The Balaban J connectivity index is 1.44. The van der Waals surface area contributed by atoms with Crippen molar-refractivity contribution >= 4 is 22.8 Å². The normalized spacial score (nSPS) is 15.4. The van der Waals surface area contributed by atoms with Crippen molar-refractivity contribution in [1.82, 2.24) is 19.4 Å². The lowest BCUT2D eigenvalue weighted by molar-refractivity contribution is -0.137. The van der Waals surface area contributed by atoms with E-state index in [1.54, 1.807) is 0 Å². The average Bonchev–Trinajstić information content (AvgIpc) is 2.93. The Morgan fingerprint density at radius 1 is 1.06 bits per heavy atom. The fourth-order valence-electron chi connectivity index (χ4n) is 3.94. The molecule has 31 heavy (non-hydrogen) atoms. The maximum absolute atomic E-state index is 13.0. The van der Waals surface area contributed by atoms with Crippen molar-refractivity contribution in [2.24, 2.45) is 0 Å². The fourth-order valence-corrected chi connectivity index (χ4v) is 3.94. The van der Waals surface area contributed by atoms with E-state index in [2.05, 4.69) is 9.97 Å². The van der Waals surface area contributed by atoms with Gasteiger partial charge in [0.15, 0.2) is 0 Å². The highest BCUT2D eigenvalue weighted by Gasteiger charge is 2.31. The number of carbonyl (C=O) groups is 1. The Hall–Kier alpha value is -3.10. The molecule has 4 rings (SSSR count). The quantitative estimate of drug-likeness (QED) is 0.632. The number of rotatable bonds is 4. The van der Waals surface area contributed by atoms with Gasteiger partial charge in [-0.2, -0.15) is 13.2 Å². The first-order valence-electron chi connectivity index (χ1n) is 10.4. The molecule has 0 spiro atoms. The molecule has 1 aliphatic rings. The Bertz CT molecular complexity index is 1060. The van der Waals surface area contributed by atoms with E-state index in [-0.39, 0.29) is 12.5 Å². The molecule has 1 fully saturated rings. The van der Waals surface area contributed by atoms with E-state index in [4.69, 9.17) is 0 Å². The van der Waals surface area contributed by atoms with Crippen LogP contribution in [-0.4, -0.2) is 51.5 Å². The van der Waals surface area contributed by atoms with Crippen molar-refractivity contribution in [2.45, 2.75) is 32.5 Å². The second kappa shape index (κ2) is 8.56. The summed E-state index contributed by atoms with van der Waals surface area (Å²) in [4.78, 5) is 25.4. The van der Waals surface area contributed by atoms with E-state index in [0.29, 0.717) is 32.0 Å². The lowest BCUT2D eigenvalue weighted by atomic mass is 10.2. The van der Waals surface area contributed by atoms with E-state index < -0.39 is 11.7 Å². The predicted molar refractivity (Wildman–Crippen MR) is 112 cm³/mol. The number of pyridine rings is 1. The van der Waals surface area contributed by atoms with Crippen LogP contribution in [-0.2, 0) is 23.9 Å². The number of imidazole rings is 1. The number of halogens is 3. The number of aryl methyl sites for hydroxylation is 1. The lowest BCUT2D eigenvalue weighted by Gasteiger charge is -2.23. The highest BCUT2D eigenvalue weighted by molar-refractivity contribution is 5.81. The van der Waals surface area contributed by atoms with Gasteiger partial charge in [-0.15, -0.1) is 0 Å². The summed E-state index contributed by atoms with van der Waals surface area (Å²) in [6.45, 7) is 4.50. The number of benzene rings is 1. The van der Waals surface area contributed by atoms with Gasteiger partial charge in [-0.1, -0.05) is 19.1 Å². The third-order valence-corrected chi connectivity index (χ3v) is 5.59. The standard InChI is InChI=1S/C22H24F3N5O/c1-2-19-27-17-6-3-4-7-18(17)30(19)15-21(31)29-11-5-10-28(12-13-29)20-9-8-16(14-26-20)22(23,24)25/h3-4,6-9,14H,2,5,10-13,15H2,1H3. The van der Waals surface area contributed by atoms with Crippen LogP contribution in [0, 0.1) is 0 Å². The van der Waals surface area contributed by atoms with Gasteiger partial charge < -0.3 is 14.4 Å². The molecule has 0 N–H and O–H groups in total. The number of para-hydroxylation sites is 2. The first-order valence-corrected chi connectivity index (χ1v) is 10.4. The van der Waals surface area contributed by atoms with Gasteiger partial charge in [0, 0.05) is 38.8 Å². The third-order valence-electron chi connectivity index (χ3n) is 5.59. The van der Waals surface area contributed by atoms with Gasteiger partial charge in [0.25, 0.3) is 0 Å². The molecule has 6 nitrogen and oxygen atoms in total. The van der Waals surface area contributed by atoms with Crippen LogP contribution in [0.2, 0.25) is 0 Å². The molecule has 1 saturated heterocycles. The van der Waals surface area contributed by atoms with Gasteiger partial charge in [-0.05, 0) is 30.7 Å². The first kappa shape index (κ1) is 21.1. The number of amides is 1. The third kappa shape index (κ3) is 4.50. The van der Waals surface area contributed by atoms with E-state index in [1.165, 1.54) is 6.07 Å². The van der Waals surface area contributed by atoms with E-state index in [9.17, 15) is 18.0 Å². The summed E-state index contributed by atoms with van der Waals surface area (Å²) >= 11 is 0. The Labute approximate surface area is 178 Å². The Kier molecular flexibility index (Phi) is 5.84. The molecule has 0 radical (unpaired) electrons. The molecule has 2 aromatic heterocycles. The van der Waals surface area contributed by atoms with E-state index in [0.717, 1.165) is 42.0 Å². The number of hydrogen-bond donors (Lipinski definition) is 0. The number of hydrogen-bond acceptors (Lipinski definition) is 4. The number of fused-ring (bicyclic) bond motifs is 1. The second-order valence-electron chi connectivity index (χ2n) is 7.58. The lowest BCUT2D eigenvalue weighted by Crippen LogP contribution is -2.37. The van der Waals surface area contributed by atoms with Crippen molar-refractivity contribution < 1.29 is 18.0 Å². The topological polar surface area (TPSA) is 54.3 Å². The van der Waals surface area contributed by atoms with Crippen LogP contribution in [0.25, 0.3) is 11.0 Å². The SMILES string of the molecule is CCc1nc2ccccc2n1CC(=O)N1CCCN(c2ccc(C(F)(F)F)cn2)CC1. The molecule has 0 unspecified atom stereocenters. The van der Waals surface area contributed by atoms with Crippen LogP contribution in [0.5, 0.6) is 0 Å². The van der Waals surface area contributed by atoms with Crippen molar-refractivity contribution in [1.29, 1.82) is 0 Å². The molecule has 0 aliphatic carbocycles. The van der Waals surface area contributed by atoms with Gasteiger partial charge >= 0.3 is 6.18 Å². The molecule has 0 bridgehead atoms. The zero-order valence-electron chi connectivity index (χ0n) is 17.3. The van der Waals surface area contributed by atoms with Gasteiger partial charge in [-0.3, -0.25) is 4.79 Å². The highest BCUT2D eigenvalue weighted by atomic mass is 19.4. The smallest absolute Gasteiger partial charge is 0.355 e. The van der Waals surface area contributed by atoms with Crippen LogP contribution >= 0.6 is 0 Å². The van der Waals surface area contributed by atoms with Crippen molar-refractivity contribution in [3.63, 3.8) is 0 Å². The summed E-state index contributed by atoms with van der Waals surface area (Å²) in [7, 11) is 0. The molecule has 0 saturated carbocycles. The molecule has 9 heteroatoms. The Morgan fingerprint density at radius 3 is 2.58 bits per heavy atom. The molecular weight excluding hydrogens is 407 g/mol. The largest absolute Gasteiger partial charge is 0.417 e. The number of carbonyl (C=O) groups excluding carboxylic acids is 1. The van der Waals surface area contributed by atoms with Crippen LogP contribution in [0.3, 0.4) is 0 Å².